The van der Waals surface area contributed by atoms with E-state index < -0.39 is 0 Å². The summed E-state index contributed by atoms with van der Waals surface area (Å²) in [7, 11) is 0. The van der Waals surface area contributed by atoms with Gasteiger partial charge in [0, 0.05) is 6.42 Å². The third-order valence-electron chi connectivity index (χ3n) is 1.93. The molecule has 1 rings (SSSR count). The molecule has 52 valence electrons. The molecule has 1 heterocycles. The van der Waals surface area contributed by atoms with E-state index in [9.17, 15) is 0 Å². The molecule has 0 N–H and O–H groups in total. The molecule has 1 aliphatic rings. The van der Waals surface area contributed by atoms with E-state index in [-0.39, 0.29) is 0 Å². The van der Waals surface area contributed by atoms with E-state index >= 15 is 0 Å². The van der Waals surface area contributed by atoms with Gasteiger partial charge in [0.25, 0.3) is 0 Å². The Morgan fingerprint density at radius 3 is 3.00 bits per heavy atom. The van der Waals surface area contributed by atoms with Crippen LogP contribution in [0.5, 0.6) is 0 Å². The van der Waals surface area contributed by atoms with Crippen LogP contribution < -0.4 is 0 Å². The molecule has 1 fully saturated rings. The van der Waals surface area contributed by atoms with E-state index in [0.717, 1.165) is 24.7 Å². The summed E-state index contributed by atoms with van der Waals surface area (Å²) in [6, 6.07) is 0. The Kier molecular flexibility index (Phi) is 2.15. The number of rotatable bonds is 1. The van der Waals surface area contributed by atoms with Crippen LogP contribution in [0.4, 0.5) is 0 Å². The molecule has 0 saturated carbocycles. The second-order valence-electron chi connectivity index (χ2n) is 2.65. The van der Waals surface area contributed by atoms with Crippen molar-refractivity contribution in [3.8, 4) is 0 Å². The van der Waals surface area contributed by atoms with Crippen molar-refractivity contribution in [1.29, 1.82) is 0 Å². The van der Waals surface area contributed by atoms with Crippen LogP contribution in [0, 0.1) is 5.92 Å². The summed E-state index contributed by atoms with van der Waals surface area (Å²) in [5, 5.41) is 0. The largest absolute Gasteiger partial charge is 0.499 e. The molecule has 1 saturated heterocycles. The van der Waals surface area contributed by atoms with Crippen LogP contribution in [0.15, 0.2) is 12.3 Å². The first-order chi connectivity index (χ1) is 4.33. The summed E-state index contributed by atoms with van der Waals surface area (Å²) < 4.78 is 5.22. The van der Waals surface area contributed by atoms with Crippen LogP contribution in [0.25, 0.3) is 0 Å². The van der Waals surface area contributed by atoms with Gasteiger partial charge >= 0.3 is 0 Å². The van der Waals surface area contributed by atoms with Crippen molar-refractivity contribution in [3.05, 3.63) is 12.3 Å². The Hall–Kier alpha value is -0.460. The van der Waals surface area contributed by atoms with Crippen LogP contribution in [0.1, 0.15) is 26.2 Å². The van der Waals surface area contributed by atoms with Gasteiger partial charge in [0.05, 0.1) is 12.4 Å². The van der Waals surface area contributed by atoms with E-state index in [1.165, 1.54) is 12.8 Å². The molecular formula is C8H14O. The number of allylic oxidation sites excluding steroid dienone is 1. The fraction of sp³-hybridized carbons (Fsp3) is 0.750. The summed E-state index contributed by atoms with van der Waals surface area (Å²) in [6.45, 7) is 6.90. The van der Waals surface area contributed by atoms with Crippen LogP contribution >= 0.6 is 0 Å². The van der Waals surface area contributed by atoms with Crippen molar-refractivity contribution in [1.82, 2.24) is 0 Å². The van der Waals surface area contributed by atoms with E-state index in [4.69, 9.17) is 4.74 Å². The number of hydrogen-bond acceptors (Lipinski definition) is 1. The predicted octanol–water partition coefficient (Wildman–Crippen LogP) is 2.34. The van der Waals surface area contributed by atoms with Crippen LogP contribution in [-0.2, 0) is 4.74 Å². The highest BCUT2D eigenvalue weighted by Crippen LogP contribution is 2.23. The first kappa shape index (κ1) is 6.66. The summed E-state index contributed by atoms with van der Waals surface area (Å²) in [6.07, 6.45) is 3.56. The summed E-state index contributed by atoms with van der Waals surface area (Å²) in [4.78, 5) is 0. The molecule has 0 aliphatic carbocycles. The molecule has 0 aromatic carbocycles. The minimum absolute atomic E-state index is 0.839. The lowest BCUT2D eigenvalue weighted by molar-refractivity contribution is 0.131. The van der Waals surface area contributed by atoms with Crippen molar-refractivity contribution in [2.24, 2.45) is 5.92 Å². The van der Waals surface area contributed by atoms with Gasteiger partial charge in [-0.3, -0.25) is 0 Å². The van der Waals surface area contributed by atoms with Gasteiger partial charge in [0.15, 0.2) is 0 Å². The monoisotopic (exact) mass is 126 g/mol. The van der Waals surface area contributed by atoms with Crippen molar-refractivity contribution in [2.75, 3.05) is 6.61 Å². The second kappa shape index (κ2) is 2.90. The highest BCUT2D eigenvalue weighted by atomic mass is 16.5. The molecule has 0 aromatic heterocycles. The third-order valence-corrected chi connectivity index (χ3v) is 1.93. The first-order valence-corrected chi connectivity index (χ1v) is 3.63. The Bertz CT molecular complexity index is 107. The van der Waals surface area contributed by atoms with Crippen molar-refractivity contribution in [2.45, 2.75) is 26.2 Å². The second-order valence-corrected chi connectivity index (χ2v) is 2.65. The molecule has 0 bridgehead atoms. The van der Waals surface area contributed by atoms with Gasteiger partial charge in [-0.15, -0.1) is 0 Å². The number of ether oxygens (including phenoxy) is 1. The molecule has 0 spiro atoms. The molecule has 1 unspecified atom stereocenters. The van der Waals surface area contributed by atoms with E-state index in [1.54, 1.807) is 0 Å². The lowest BCUT2D eigenvalue weighted by Crippen LogP contribution is -2.12. The molecule has 1 atom stereocenters. The molecule has 0 aromatic rings. The average Bonchev–Trinajstić information content (AvgIpc) is 1.88. The Labute approximate surface area is 56.7 Å². The summed E-state index contributed by atoms with van der Waals surface area (Å²) >= 11 is 0. The Morgan fingerprint density at radius 2 is 2.56 bits per heavy atom. The molecule has 1 nitrogen and oxygen atoms in total. The maximum Gasteiger partial charge on any atom is 0.0890 e. The van der Waals surface area contributed by atoms with Crippen LogP contribution in [0.2, 0.25) is 0 Å². The standard InChI is InChI=1S/C8H14O/c1-3-8-4-5-9-7(2)6-8/h8H,2-6H2,1H3. The van der Waals surface area contributed by atoms with Crippen molar-refractivity contribution < 1.29 is 4.74 Å². The highest BCUT2D eigenvalue weighted by Gasteiger charge is 2.13. The minimum Gasteiger partial charge on any atom is -0.499 e. The fourth-order valence-corrected chi connectivity index (χ4v) is 1.20. The molecule has 0 radical (unpaired) electrons. The van der Waals surface area contributed by atoms with Gasteiger partial charge in [-0.05, 0) is 12.3 Å². The Balaban J connectivity index is 2.32. The van der Waals surface area contributed by atoms with Crippen molar-refractivity contribution >= 4 is 0 Å². The predicted molar refractivity (Wildman–Crippen MR) is 38.1 cm³/mol. The van der Waals surface area contributed by atoms with Crippen LogP contribution in [-0.4, -0.2) is 6.61 Å². The molecular weight excluding hydrogens is 112 g/mol. The summed E-state index contributed by atoms with van der Waals surface area (Å²) in [5.41, 5.74) is 0. The molecule has 9 heavy (non-hydrogen) atoms. The molecule has 1 heteroatoms. The van der Waals surface area contributed by atoms with Gasteiger partial charge in [-0.25, -0.2) is 0 Å². The van der Waals surface area contributed by atoms with E-state index in [1.807, 2.05) is 0 Å². The van der Waals surface area contributed by atoms with Crippen LogP contribution in [0.3, 0.4) is 0 Å². The van der Waals surface area contributed by atoms with Gasteiger partial charge in [-0.1, -0.05) is 19.9 Å². The van der Waals surface area contributed by atoms with Gasteiger partial charge < -0.3 is 4.74 Å². The van der Waals surface area contributed by atoms with Gasteiger partial charge in [-0.2, -0.15) is 0 Å². The third kappa shape index (κ3) is 1.74. The normalized spacial score (nSPS) is 27.7. The first-order valence-electron chi connectivity index (χ1n) is 3.63. The van der Waals surface area contributed by atoms with E-state index in [0.29, 0.717) is 0 Å². The zero-order chi connectivity index (χ0) is 6.69. The van der Waals surface area contributed by atoms with Gasteiger partial charge in [0.1, 0.15) is 0 Å². The topological polar surface area (TPSA) is 9.23 Å². The molecule has 0 amide bonds. The fourth-order valence-electron chi connectivity index (χ4n) is 1.20. The smallest absolute Gasteiger partial charge is 0.0890 e. The van der Waals surface area contributed by atoms with Gasteiger partial charge in [0.2, 0.25) is 0 Å². The lowest BCUT2D eigenvalue weighted by atomic mass is 9.96. The maximum absolute atomic E-state index is 5.22. The SMILES string of the molecule is C=C1CC(CC)CCO1. The maximum atomic E-state index is 5.22. The molecule has 1 aliphatic heterocycles. The van der Waals surface area contributed by atoms with E-state index in [2.05, 4.69) is 13.5 Å². The zero-order valence-corrected chi connectivity index (χ0v) is 6.02. The zero-order valence-electron chi connectivity index (χ0n) is 6.02. The summed E-state index contributed by atoms with van der Waals surface area (Å²) in [5.74, 6) is 1.82. The average molecular weight is 126 g/mol. The highest BCUT2D eigenvalue weighted by molar-refractivity contribution is 4.88. The van der Waals surface area contributed by atoms with Crippen molar-refractivity contribution in [3.63, 3.8) is 0 Å². The quantitative estimate of drug-likeness (QED) is 0.524. The lowest BCUT2D eigenvalue weighted by Gasteiger charge is -2.22. The number of hydrogen-bond donors (Lipinski definition) is 0. The minimum atomic E-state index is 0.839. The Morgan fingerprint density at radius 1 is 1.78 bits per heavy atom.